The molecule has 0 spiro atoms. The Morgan fingerprint density at radius 3 is 2.62 bits per heavy atom. The first kappa shape index (κ1) is 23.6. The van der Waals surface area contributed by atoms with Crippen LogP contribution in [0.4, 0.5) is 0 Å². The summed E-state index contributed by atoms with van der Waals surface area (Å²) in [6.45, 7) is 8.52. The number of benzene rings is 2. The molecule has 1 aliphatic rings. The van der Waals surface area contributed by atoms with E-state index in [1.807, 2.05) is 13.0 Å². The first-order valence-electron chi connectivity index (χ1n) is 11.4. The van der Waals surface area contributed by atoms with E-state index in [4.69, 9.17) is 4.74 Å². The number of dihydropyridines is 1. The third kappa shape index (κ3) is 6.24. The minimum atomic E-state index is -0.487. The smallest absolute Gasteiger partial charge is 0.106 e. The van der Waals surface area contributed by atoms with E-state index in [0.29, 0.717) is 6.61 Å². The van der Waals surface area contributed by atoms with Gasteiger partial charge in [0.15, 0.2) is 0 Å². The lowest BCUT2D eigenvalue weighted by Crippen LogP contribution is -2.20. The first-order chi connectivity index (χ1) is 15.5. The summed E-state index contributed by atoms with van der Waals surface area (Å²) < 4.78 is 5.60. The quantitative estimate of drug-likeness (QED) is 0.357. The highest BCUT2D eigenvalue weighted by molar-refractivity contribution is 5.80. The van der Waals surface area contributed by atoms with Crippen LogP contribution in [0.5, 0.6) is 0 Å². The van der Waals surface area contributed by atoms with Gasteiger partial charge in [-0.3, -0.25) is 0 Å². The molecule has 1 aliphatic heterocycles. The molecule has 0 aliphatic carbocycles. The summed E-state index contributed by atoms with van der Waals surface area (Å²) in [6, 6.07) is 17.3. The van der Waals surface area contributed by atoms with Crippen molar-refractivity contribution in [2.75, 3.05) is 6.61 Å². The van der Waals surface area contributed by atoms with Crippen LogP contribution >= 0.6 is 0 Å². The van der Waals surface area contributed by atoms with Crippen LogP contribution in [-0.4, -0.2) is 17.8 Å². The highest BCUT2D eigenvalue weighted by Gasteiger charge is 2.18. The lowest BCUT2D eigenvalue weighted by atomic mass is 9.88. The number of rotatable bonds is 9. The van der Waals surface area contributed by atoms with Crippen molar-refractivity contribution < 1.29 is 9.84 Å². The summed E-state index contributed by atoms with van der Waals surface area (Å²) in [5, 5.41) is 13.0. The van der Waals surface area contributed by atoms with Gasteiger partial charge < -0.3 is 15.2 Å². The second kappa shape index (κ2) is 11.5. The zero-order valence-corrected chi connectivity index (χ0v) is 19.6. The molecule has 2 N–H and O–H groups in total. The van der Waals surface area contributed by atoms with Crippen molar-refractivity contribution in [3.63, 3.8) is 0 Å². The molecule has 0 aromatic heterocycles. The molecular formula is C29H35NO2. The fourth-order valence-electron chi connectivity index (χ4n) is 4.09. The average Bonchev–Trinajstić information content (AvgIpc) is 2.79. The number of ether oxygens (including phenoxy) is 1. The van der Waals surface area contributed by atoms with Crippen molar-refractivity contribution >= 4 is 5.57 Å². The molecule has 0 amide bonds. The molecule has 3 heteroatoms. The van der Waals surface area contributed by atoms with Gasteiger partial charge in [-0.05, 0) is 67.5 Å². The van der Waals surface area contributed by atoms with E-state index in [0.717, 1.165) is 18.6 Å². The van der Waals surface area contributed by atoms with Crippen LogP contribution in [0.2, 0.25) is 0 Å². The van der Waals surface area contributed by atoms with E-state index in [-0.39, 0.29) is 6.04 Å². The second-order valence-corrected chi connectivity index (χ2v) is 8.25. The highest BCUT2D eigenvalue weighted by atomic mass is 16.5. The Labute approximate surface area is 192 Å². The fourth-order valence-corrected chi connectivity index (χ4v) is 4.09. The Kier molecular flexibility index (Phi) is 8.52. The molecule has 3 nitrogen and oxygen atoms in total. The van der Waals surface area contributed by atoms with E-state index < -0.39 is 6.10 Å². The topological polar surface area (TPSA) is 41.5 Å². The van der Waals surface area contributed by atoms with Crippen molar-refractivity contribution in [3.8, 4) is 0 Å². The van der Waals surface area contributed by atoms with Crippen molar-refractivity contribution in [2.24, 2.45) is 0 Å². The van der Waals surface area contributed by atoms with Crippen molar-refractivity contribution in [3.05, 3.63) is 113 Å². The number of aliphatic hydroxyl groups excluding tert-OH is 1. The zero-order chi connectivity index (χ0) is 22.9. The Hall–Kier alpha value is -3.04. The van der Waals surface area contributed by atoms with Crippen molar-refractivity contribution in [1.29, 1.82) is 0 Å². The summed E-state index contributed by atoms with van der Waals surface area (Å²) >= 11 is 0. The normalized spacial score (nSPS) is 17.5. The number of nitrogens with one attached hydrogen (secondary N) is 1. The first-order valence-corrected chi connectivity index (χ1v) is 11.4. The van der Waals surface area contributed by atoms with Gasteiger partial charge in [-0.15, -0.1) is 0 Å². The maximum Gasteiger partial charge on any atom is 0.106 e. The van der Waals surface area contributed by atoms with Crippen LogP contribution in [0, 0.1) is 6.92 Å². The van der Waals surface area contributed by atoms with E-state index in [1.54, 1.807) is 13.0 Å². The zero-order valence-electron chi connectivity index (χ0n) is 19.6. The van der Waals surface area contributed by atoms with E-state index >= 15 is 0 Å². The summed E-state index contributed by atoms with van der Waals surface area (Å²) in [6.07, 6.45) is 11.8. The van der Waals surface area contributed by atoms with Gasteiger partial charge in [-0.2, -0.15) is 0 Å². The predicted molar refractivity (Wildman–Crippen MR) is 134 cm³/mol. The van der Waals surface area contributed by atoms with Crippen molar-refractivity contribution in [2.45, 2.75) is 52.7 Å². The summed E-state index contributed by atoms with van der Waals surface area (Å²) in [7, 11) is 0. The van der Waals surface area contributed by atoms with Crippen LogP contribution in [0.3, 0.4) is 0 Å². The van der Waals surface area contributed by atoms with Crippen molar-refractivity contribution in [1.82, 2.24) is 5.32 Å². The third-order valence-corrected chi connectivity index (χ3v) is 5.80. The highest BCUT2D eigenvalue weighted by Crippen LogP contribution is 2.33. The molecule has 0 saturated heterocycles. The van der Waals surface area contributed by atoms with Gasteiger partial charge in [-0.1, -0.05) is 73.7 Å². The second-order valence-electron chi connectivity index (χ2n) is 8.25. The van der Waals surface area contributed by atoms with E-state index in [2.05, 4.69) is 86.0 Å². The Bertz CT molecular complexity index is 1010. The molecule has 0 bridgehead atoms. The number of hydrogen-bond donors (Lipinski definition) is 2. The molecule has 0 radical (unpaired) electrons. The predicted octanol–water partition coefficient (Wildman–Crippen LogP) is 6.42. The van der Waals surface area contributed by atoms with Crippen LogP contribution < -0.4 is 5.32 Å². The molecule has 0 fully saturated rings. The molecule has 1 heterocycles. The molecule has 2 aromatic carbocycles. The summed E-state index contributed by atoms with van der Waals surface area (Å²) in [4.78, 5) is 0. The van der Waals surface area contributed by atoms with Gasteiger partial charge in [0.2, 0.25) is 0 Å². The molecule has 2 unspecified atom stereocenters. The Balaban J connectivity index is 1.69. The number of hydrogen-bond acceptors (Lipinski definition) is 3. The monoisotopic (exact) mass is 429 g/mol. The Morgan fingerprint density at radius 1 is 1.12 bits per heavy atom. The molecule has 0 saturated carbocycles. The van der Waals surface area contributed by atoms with Crippen LogP contribution in [0.1, 0.15) is 55.5 Å². The maximum atomic E-state index is 9.36. The van der Waals surface area contributed by atoms with Crippen LogP contribution in [-0.2, 0) is 11.2 Å². The molecule has 2 atom stereocenters. The largest absolute Gasteiger partial charge is 0.494 e. The van der Waals surface area contributed by atoms with E-state index in [9.17, 15) is 5.11 Å². The van der Waals surface area contributed by atoms with Gasteiger partial charge >= 0.3 is 0 Å². The maximum absolute atomic E-state index is 9.36. The van der Waals surface area contributed by atoms with E-state index in [1.165, 1.54) is 33.4 Å². The standard InChI is InChI=1S/C29H35NO2/c1-5-24-19-29(30-20-28(24)26-13-7-6-8-14-26)27-16-11-15-25(23(27)4)12-9-10-17-32-22(3)18-21(2)31/h6-11,13-16,18-21,29-31H,5,12,17H2,1-4H3/b10-9-,22-18-. The lowest BCUT2D eigenvalue weighted by Gasteiger charge is -2.26. The van der Waals surface area contributed by atoms with Crippen LogP contribution in [0.15, 0.2) is 90.4 Å². The molecule has 32 heavy (non-hydrogen) atoms. The van der Waals surface area contributed by atoms with Gasteiger partial charge in [0.25, 0.3) is 0 Å². The van der Waals surface area contributed by atoms with Gasteiger partial charge in [-0.25, -0.2) is 0 Å². The molecule has 168 valence electrons. The van der Waals surface area contributed by atoms with Gasteiger partial charge in [0.1, 0.15) is 6.61 Å². The lowest BCUT2D eigenvalue weighted by molar-refractivity contribution is 0.215. The molecular weight excluding hydrogens is 394 g/mol. The summed E-state index contributed by atoms with van der Waals surface area (Å²) in [5.74, 6) is 0.743. The Morgan fingerprint density at radius 2 is 1.91 bits per heavy atom. The number of allylic oxidation sites excluding steroid dienone is 4. The van der Waals surface area contributed by atoms with Gasteiger partial charge in [0.05, 0.1) is 17.9 Å². The number of aliphatic hydroxyl groups is 1. The van der Waals surface area contributed by atoms with Crippen LogP contribution in [0.25, 0.3) is 5.57 Å². The molecule has 2 aromatic rings. The minimum absolute atomic E-state index is 0.179. The SMILES string of the molecule is CCC1=CC(c2cccc(C/C=C\CO/C(C)=C\C(C)O)c2C)NC=C1c1ccccc1. The minimum Gasteiger partial charge on any atom is -0.494 e. The summed E-state index contributed by atoms with van der Waals surface area (Å²) in [5.41, 5.74) is 7.87. The third-order valence-electron chi connectivity index (χ3n) is 5.80. The molecule has 3 rings (SSSR count). The average molecular weight is 430 g/mol. The van der Waals surface area contributed by atoms with Gasteiger partial charge in [0, 0.05) is 11.8 Å². The fraction of sp³-hybridized carbons (Fsp3) is 0.310.